The minimum atomic E-state index is 0.228. The molecule has 2 atom stereocenters. The number of nitrogens with zero attached hydrogens (tertiary/aromatic N) is 5. The van der Waals surface area contributed by atoms with Gasteiger partial charge in [0.2, 0.25) is 11.9 Å². The number of piperidine rings is 1. The molecule has 1 aromatic heterocycles. The Bertz CT molecular complexity index is 942. The first-order valence-corrected chi connectivity index (χ1v) is 12.9. The second-order valence-corrected chi connectivity index (χ2v) is 10.2. The summed E-state index contributed by atoms with van der Waals surface area (Å²) in [5, 5.41) is 9.81. The molecule has 7 nitrogen and oxygen atoms in total. The van der Waals surface area contributed by atoms with E-state index in [1.165, 1.54) is 49.4 Å². The van der Waals surface area contributed by atoms with Crippen LogP contribution in [0.3, 0.4) is 0 Å². The molecule has 0 unspecified atom stereocenters. The molecule has 3 aliphatic rings. The third-order valence-corrected chi connectivity index (χ3v) is 8.05. The smallest absolute Gasteiger partial charge is 0.233 e. The van der Waals surface area contributed by atoms with Crippen molar-refractivity contribution in [2.24, 2.45) is 11.8 Å². The average Bonchev–Trinajstić information content (AvgIpc) is 3.27. The quantitative estimate of drug-likeness (QED) is 0.643. The summed E-state index contributed by atoms with van der Waals surface area (Å²) in [6.07, 6.45) is 6.49. The van der Waals surface area contributed by atoms with Gasteiger partial charge in [0.15, 0.2) is 5.16 Å². The first kappa shape index (κ1) is 21.8. The van der Waals surface area contributed by atoms with Crippen molar-refractivity contribution in [1.82, 2.24) is 19.7 Å². The third kappa shape index (κ3) is 4.66. The van der Waals surface area contributed by atoms with E-state index in [-0.39, 0.29) is 5.91 Å². The zero-order chi connectivity index (χ0) is 21.9. The summed E-state index contributed by atoms with van der Waals surface area (Å²) >= 11 is 1.50. The fourth-order valence-electron chi connectivity index (χ4n) is 5.36. The largest absolute Gasteiger partial charge is 0.378 e. The maximum Gasteiger partial charge on any atom is 0.233 e. The lowest BCUT2D eigenvalue weighted by atomic mass is 9.75. The van der Waals surface area contributed by atoms with Crippen molar-refractivity contribution in [2.45, 2.75) is 44.2 Å². The zero-order valence-electron chi connectivity index (χ0n) is 18.9. The number of rotatable bonds is 5. The Morgan fingerprint density at radius 2 is 1.91 bits per heavy atom. The number of carbonyl (C=O) groups excluding carboxylic acids is 1. The number of amides is 1. The molecule has 3 heterocycles. The van der Waals surface area contributed by atoms with Gasteiger partial charge in [0, 0.05) is 26.2 Å². The summed E-state index contributed by atoms with van der Waals surface area (Å²) in [5.41, 5.74) is 2.22. The topological polar surface area (TPSA) is 63.5 Å². The molecule has 2 aliphatic heterocycles. The molecular formula is C24H33N5O2S. The predicted molar refractivity (Wildman–Crippen MR) is 126 cm³/mol. The number of anilines is 1. The van der Waals surface area contributed by atoms with E-state index in [1.54, 1.807) is 0 Å². The van der Waals surface area contributed by atoms with E-state index in [0.29, 0.717) is 24.9 Å². The molecule has 2 saturated heterocycles. The molecule has 3 fully saturated rings. The van der Waals surface area contributed by atoms with Crippen LogP contribution >= 0.6 is 11.8 Å². The van der Waals surface area contributed by atoms with Crippen LogP contribution in [-0.4, -0.2) is 70.7 Å². The number of benzene rings is 1. The number of morpholine rings is 1. The van der Waals surface area contributed by atoms with E-state index in [0.717, 1.165) is 48.9 Å². The summed E-state index contributed by atoms with van der Waals surface area (Å²) in [4.78, 5) is 17.4. The maximum atomic E-state index is 13.1. The van der Waals surface area contributed by atoms with Gasteiger partial charge in [-0.2, -0.15) is 0 Å². The Hall–Kier alpha value is -2.06. The summed E-state index contributed by atoms with van der Waals surface area (Å²) in [6.45, 7) is 6.91. The highest BCUT2D eigenvalue weighted by Crippen LogP contribution is 2.36. The fourth-order valence-corrected chi connectivity index (χ4v) is 6.21. The Balaban J connectivity index is 1.32. The number of aryl methyl sites for hydroxylation is 1. The van der Waals surface area contributed by atoms with Gasteiger partial charge in [-0.05, 0) is 49.3 Å². The molecule has 0 bridgehead atoms. The van der Waals surface area contributed by atoms with Crippen molar-refractivity contribution in [1.29, 1.82) is 0 Å². The van der Waals surface area contributed by atoms with Gasteiger partial charge in [-0.15, -0.1) is 10.2 Å². The van der Waals surface area contributed by atoms with E-state index < -0.39 is 0 Å². The lowest BCUT2D eigenvalue weighted by molar-refractivity contribution is -0.131. The molecule has 0 spiro atoms. The van der Waals surface area contributed by atoms with Gasteiger partial charge < -0.3 is 14.5 Å². The Kier molecular flexibility index (Phi) is 6.69. The van der Waals surface area contributed by atoms with Gasteiger partial charge in [-0.1, -0.05) is 43.2 Å². The fraction of sp³-hybridized carbons (Fsp3) is 0.625. The minimum Gasteiger partial charge on any atom is -0.378 e. The Morgan fingerprint density at radius 1 is 1.09 bits per heavy atom. The molecule has 172 valence electrons. The maximum absolute atomic E-state index is 13.1. The average molecular weight is 456 g/mol. The molecule has 8 heteroatoms. The van der Waals surface area contributed by atoms with Crippen molar-refractivity contribution in [3.05, 3.63) is 29.8 Å². The summed E-state index contributed by atoms with van der Waals surface area (Å²) in [5.74, 6) is 3.00. The van der Waals surface area contributed by atoms with Gasteiger partial charge in [0.25, 0.3) is 0 Å². The van der Waals surface area contributed by atoms with Gasteiger partial charge in [0.1, 0.15) is 0 Å². The summed E-state index contributed by atoms with van der Waals surface area (Å²) < 4.78 is 7.62. The van der Waals surface area contributed by atoms with E-state index in [1.807, 2.05) is 0 Å². The van der Waals surface area contributed by atoms with Crippen molar-refractivity contribution < 1.29 is 9.53 Å². The number of hydrogen-bond donors (Lipinski definition) is 0. The number of ether oxygens (including phenoxy) is 1. The Morgan fingerprint density at radius 3 is 2.72 bits per heavy atom. The van der Waals surface area contributed by atoms with Gasteiger partial charge >= 0.3 is 0 Å². The van der Waals surface area contributed by atoms with Gasteiger partial charge in [-0.25, -0.2) is 0 Å². The van der Waals surface area contributed by atoms with Crippen LogP contribution in [0.5, 0.6) is 0 Å². The molecule has 5 rings (SSSR count). The second kappa shape index (κ2) is 9.83. The molecule has 1 aromatic carbocycles. The highest BCUT2D eigenvalue weighted by Gasteiger charge is 2.33. The lowest BCUT2D eigenvalue weighted by Crippen LogP contribution is -2.45. The molecule has 0 radical (unpaired) electrons. The molecule has 1 amide bonds. The van der Waals surface area contributed by atoms with Crippen molar-refractivity contribution in [3.63, 3.8) is 0 Å². The number of hydrogen-bond acceptors (Lipinski definition) is 6. The normalized spacial score (nSPS) is 23.8. The molecule has 0 N–H and O–H groups in total. The highest BCUT2D eigenvalue weighted by atomic mass is 32.2. The van der Waals surface area contributed by atoms with Crippen LogP contribution in [0, 0.1) is 18.8 Å². The van der Waals surface area contributed by atoms with Crippen molar-refractivity contribution in [3.8, 4) is 5.69 Å². The first-order valence-electron chi connectivity index (χ1n) is 11.9. The molecule has 1 saturated carbocycles. The minimum absolute atomic E-state index is 0.228. The SMILES string of the molecule is Cc1cccc(-n2c(SCC(=O)N3CC[C@@H]4CCCC[C@H]4C3)nnc2N2CCOCC2)c1. The van der Waals surface area contributed by atoms with E-state index in [2.05, 4.69) is 55.8 Å². The monoisotopic (exact) mass is 455 g/mol. The van der Waals surface area contributed by atoms with Crippen LogP contribution in [0.2, 0.25) is 0 Å². The first-order chi connectivity index (χ1) is 15.7. The van der Waals surface area contributed by atoms with Crippen molar-refractivity contribution in [2.75, 3.05) is 50.0 Å². The molecule has 2 aromatic rings. The van der Waals surface area contributed by atoms with E-state index >= 15 is 0 Å². The van der Waals surface area contributed by atoms with Crippen LogP contribution in [0.15, 0.2) is 29.4 Å². The standard InChI is InChI=1S/C24H33N5O2S/c1-18-5-4-8-21(15-18)29-23(27-11-13-31-14-12-27)25-26-24(29)32-17-22(30)28-10-9-19-6-2-3-7-20(19)16-28/h4-5,8,15,19-20H,2-3,6-7,9-14,16-17H2,1H3/t19-,20-/m0/s1. The summed E-state index contributed by atoms with van der Waals surface area (Å²) in [7, 11) is 0. The molecule has 32 heavy (non-hydrogen) atoms. The van der Waals surface area contributed by atoms with Crippen LogP contribution in [0.1, 0.15) is 37.7 Å². The van der Waals surface area contributed by atoms with E-state index in [4.69, 9.17) is 4.74 Å². The molecular weight excluding hydrogens is 422 g/mol. The number of carbonyl (C=O) groups is 1. The number of likely N-dealkylation sites (tertiary alicyclic amines) is 1. The van der Waals surface area contributed by atoms with Crippen LogP contribution in [0.25, 0.3) is 5.69 Å². The second-order valence-electron chi connectivity index (χ2n) is 9.28. The van der Waals surface area contributed by atoms with Crippen molar-refractivity contribution >= 4 is 23.6 Å². The lowest BCUT2D eigenvalue weighted by Gasteiger charge is -2.41. The number of aromatic nitrogens is 3. The Labute approximate surface area is 194 Å². The van der Waals surface area contributed by atoms with Crippen LogP contribution < -0.4 is 4.90 Å². The van der Waals surface area contributed by atoms with Gasteiger partial charge in [0.05, 0.1) is 24.7 Å². The summed E-state index contributed by atoms with van der Waals surface area (Å²) in [6, 6.07) is 8.38. The van der Waals surface area contributed by atoms with Crippen LogP contribution in [0.4, 0.5) is 5.95 Å². The zero-order valence-corrected chi connectivity index (χ0v) is 19.7. The molecule has 1 aliphatic carbocycles. The highest BCUT2D eigenvalue weighted by molar-refractivity contribution is 7.99. The van der Waals surface area contributed by atoms with E-state index in [9.17, 15) is 4.79 Å². The third-order valence-electron chi connectivity index (χ3n) is 7.14. The number of fused-ring (bicyclic) bond motifs is 1. The van der Waals surface area contributed by atoms with Gasteiger partial charge in [-0.3, -0.25) is 9.36 Å². The predicted octanol–water partition coefficient (Wildman–Crippen LogP) is 3.54. The number of thioether (sulfide) groups is 1. The van der Waals surface area contributed by atoms with Crippen LogP contribution in [-0.2, 0) is 9.53 Å².